The second kappa shape index (κ2) is 4.41. The standard InChI is InChI=1S/C13H15N3O/c1-8-4-9(2)6-11(5-8)15-13-14-7-10(3)12(17)16-13/h4-7H,1-3H3,(H2,14,15,16,17). The Labute approximate surface area is 99.7 Å². The predicted molar refractivity (Wildman–Crippen MR) is 68.8 cm³/mol. The minimum Gasteiger partial charge on any atom is -0.326 e. The Morgan fingerprint density at radius 3 is 2.35 bits per heavy atom. The number of aryl methyl sites for hydroxylation is 3. The number of anilines is 2. The Morgan fingerprint density at radius 2 is 1.76 bits per heavy atom. The van der Waals surface area contributed by atoms with Gasteiger partial charge in [0.1, 0.15) is 0 Å². The van der Waals surface area contributed by atoms with Crippen LogP contribution in [0, 0.1) is 20.8 Å². The molecule has 0 aliphatic carbocycles. The van der Waals surface area contributed by atoms with E-state index in [2.05, 4.69) is 21.4 Å². The van der Waals surface area contributed by atoms with Crippen molar-refractivity contribution in [2.75, 3.05) is 5.32 Å². The van der Waals surface area contributed by atoms with Crippen molar-refractivity contribution in [3.63, 3.8) is 0 Å². The summed E-state index contributed by atoms with van der Waals surface area (Å²) in [6.07, 6.45) is 1.56. The highest BCUT2D eigenvalue weighted by Gasteiger charge is 2.00. The zero-order valence-electron chi connectivity index (χ0n) is 10.2. The number of hydrogen-bond donors (Lipinski definition) is 2. The summed E-state index contributed by atoms with van der Waals surface area (Å²) in [6.45, 7) is 5.79. The molecule has 1 aromatic heterocycles. The summed E-state index contributed by atoms with van der Waals surface area (Å²) in [5, 5.41) is 3.09. The van der Waals surface area contributed by atoms with Crippen LogP contribution in [0.1, 0.15) is 16.7 Å². The summed E-state index contributed by atoms with van der Waals surface area (Å²) in [5.41, 5.74) is 3.75. The fourth-order valence-electron chi connectivity index (χ4n) is 1.71. The van der Waals surface area contributed by atoms with Crippen molar-refractivity contribution in [3.8, 4) is 0 Å². The van der Waals surface area contributed by atoms with Gasteiger partial charge in [0.05, 0.1) is 0 Å². The predicted octanol–water partition coefficient (Wildman–Crippen LogP) is 2.44. The molecule has 1 aromatic carbocycles. The van der Waals surface area contributed by atoms with E-state index >= 15 is 0 Å². The van der Waals surface area contributed by atoms with Gasteiger partial charge in [-0.2, -0.15) is 0 Å². The van der Waals surface area contributed by atoms with Gasteiger partial charge in [-0.25, -0.2) is 4.98 Å². The molecule has 0 aliphatic heterocycles. The van der Waals surface area contributed by atoms with Gasteiger partial charge in [-0.1, -0.05) is 6.07 Å². The fraction of sp³-hybridized carbons (Fsp3) is 0.231. The highest BCUT2D eigenvalue weighted by molar-refractivity contribution is 5.55. The summed E-state index contributed by atoms with van der Waals surface area (Å²) in [5.74, 6) is 0.464. The normalized spacial score (nSPS) is 10.3. The van der Waals surface area contributed by atoms with E-state index in [0.717, 1.165) is 5.69 Å². The van der Waals surface area contributed by atoms with E-state index in [9.17, 15) is 4.79 Å². The van der Waals surface area contributed by atoms with Crippen LogP contribution < -0.4 is 10.9 Å². The average Bonchev–Trinajstić information content (AvgIpc) is 2.22. The molecule has 0 aliphatic rings. The lowest BCUT2D eigenvalue weighted by Gasteiger charge is -2.07. The van der Waals surface area contributed by atoms with Crippen molar-refractivity contribution in [2.24, 2.45) is 0 Å². The van der Waals surface area contributed by atoms with Crippen molar-refractivity contribution >= 4 is 11.6 Å². The SMILES string of the molecule is Cc1cc(C)cc(Nc2ncc(C)c(=O)[nH]2)c1. The third-order valence-electron chi connectivity index (χ3n) is 2.46. The first-order chi connectivity index (χ1) is 8.04. The molecular formula is C13H15N3O. The molecule has 0 saturated carbocycles. The topological polar surface area (TPSA) is 57.8 Å². The highest BCUT2D eigenvalue weighted by Crippen LogP contribution is 2.16. The summed E-state index contributed by atoms with van der Waals surface area (Å²) >= 11 is 0. The molecule has 17 heavy (non-hydrogen) atoms. The van der Waals surface area contributed by atoms with Crippen molar-refractivity contribution < 1.29 is 0 Å². The van der Waals surface area contributed by atoms with Gasteiger partial charge >= 0.3 is 0 Å². The second-order valence-corrected chi connectivity index (χ2v) is 4.25. The number of benzene rings is 1. The average molecular weight is 229 g/mol. The smallest absolute Gasteiger partial charge is 0.255 e. The van der Waals surface area contributed by atoms with Crippen molar-refractivity contribution in [1.29, 1.82) is 0 Å². The first kappa shape index (κ1) is 11.4. The maximum absolute atomic E-state index is 11.4. The van der Waals surface area contributed by atoms with E-state index in [4.69, 9.17) is 0 Å². The maximum atomic E-state index is 11.4. The Hall–Kier alpha value is -2.10. The van der Waals surface area contributed by atoms with Crippen LogP contribution in [0.5, 0.6) is 0 Å². The number of H-pyrrole nitrogens is 1. The van der Waals surface area contributed by atoms with Crippen LogP contribution in [0.25, 0.3) is 0 Å². The molecule has 0 bridgehead atoms. The van der Waals surface area contributed by atoms with E-state index in [1.165, 1.54) is 11.1 Å². The zero-order chi connectivity index (χ0) is 12.4. The van der Waals surface area contributed by atoms with Gasteiger partial charge < -0.3 is 5.32 Å². The van der Waals surface area contributed by atoms with Crippen LogP contribution in [-0.2, 0) is 0 Å². The molecule has 0 spiro atoms. The van der Waals surface area contributed by atoms with E-state index in [1.54, 1.807) is 13.1 Å². The van der Waals surface area contributed by atoms with Gasteiger partial charge in [0.15, 0.2) is 0 Å². The zero-order valence-corrected chi connectivity index (χ0v) is 10.2. The van der Waals surface area contributed by atoms with E-state index < -0.39 is 0 Å². The number of hydrogen-bond acceptors (Lipinski definition) is 3. The molecule has 2 aromatic rings. The van der Waals surface area contributed by atoms with Crippen LogP contribution in [0.4, 0.5) is 11.6 Å². The first-order valence-corrected chi connectivity index (χ1v) is 5.46. The molecule has 0 atom stereocenters. The molecule has 0 fully saturated rings. The molecule has 1 heterocycles. The summed E-state index contributed by atoms with van der Waals surface area (Å²) < 4.78 is 0. The van der Waals surface area contributed by atoms with E-state index in [0.29, 0.717) is 11.5 Å². The monoisotopic (exact) mass is 229 g/mol. The van der Waals surface area contributed by atoms with Gasteiger partial charge in [0.2, 0.25) is 5.95 Å². The van der Waals surface area contributed by atoms with Gasteiger partial charge in [0, 0.05) is 17.4 Å². The minimum absolute atomic E-state index is 0.119. The van der Waals surface area contributed by atoms with E-state index in [-0.39, 0.29) is 5.56 Å². The molecule has 0 amide bonds. The molecule has 0 saturated heterocycles. The van der Waals surface area contributed by atoms with Gasteiger partial charge in [-0.05, 0) is 44.0 Å². The largest absolute Gasteiger partial charge is 0.326 e. The third-order valence-corrected chi connectivity index (χ3v) is 2.46. The molecule has 0 unspecified atom stereocenters. The third kappa shape index (κ3) is 2.72. The number of aromatic amines is 1. The van der Waals surface area contributed by atoms with Gasteiger partial charge in [-0.15, -0.1) is 0 Å². The number of aromatic nitrogens is 2. The Kier molecular flexibility index (Phi) is 2.95. The van der Waals surface area contributed by atoms with Crippen LogP contribution >= 0.6 is 0 Å². The number of rotatable bonds is 2. The van der Waals surface area contributed by atoms with Gasteiger partial charge in [-0.3, -0.25) is 9.78 Å². The Bertz CT molecular complexity index is 582. The summed E-state index contributed by atoms with van der Waals surface area (Å²) in [7, 11) is 0. The highest BCUT2D eigenvalue weighted by atomic mass is 16.1. The van der Waals surface area contributed by atoms with Crippen LogP contribution in [0.3, 0.4) is 0 Å². The fourth-order valence-corrected chi connectivity index (χ4v) is 1.71. The van der Waals surface area contributed by atoms with Crippen LogP contribution in [-0.4, -0.2) is 9.97 Å². The number of nitrogens with zero attached hydrogens (tertiary/aromatic N) is 1. The van der Waals surface area contributed by atoms with Crippen molar-refractivity contribution in [2.45, 2.75) is 20.8 Å². The minimum atomic E-state index is -0.119. The van der Waals surface area contributed by atoms with Crippen molar-refractivity contribution in [3.05, 3.63) is 51.4 Å². The van der Waals surface area contributed by atoms with Gasteiger partial charge in [0.25, 0.3) is 5.56 Å². The Balaban J connectivity index is 2.31. The maximum Gasteiger partial charge on any atom is 0.255 e. The lowest BCUT2D eigenvalue weighted by Crippen LogP contribution is -2.12. The van der Waals surface area contributed by atoms with E-state index in [1.807, 2.05) is 26.0 Å². The first-order valence-electron chi connectivity index (χ1n) is 5.46. The second-order valence-electron chi connectivity index (χ2n) is 4.25. The summed E-state index contributed by atoms with van der Waals surface area (Å²) in [6, 6.07) is 6.11. The molecule has 4 heteroatoms. The molecule has 4 nitrogen and oxygen atoms in total. The lowest BCUT2D eigenvalue weighted by atomic mass is 10.1. The summed E-state index contributed by atoms with van der Waals surface area (Å²) in [4.78, 5) is 18.2. The Morgan fingerprint density at radius 1 is 1.12 bits per heavy atom. The lowest BCUT2D eigenvalue weighted by molar-refractivity contribution is 1.08. The molecule has 0 radical (unpaired) electrons. The number of nitrogens with one attached hydrogen (secondary N) is 2. The molecule has 2 rings (SSSR count). The molecule has 88 valence electrons. The van der Waals surface area contributed by atoms with Crippen LogP contribution in [0.15, 0.2) is 29.2 Å². The quantitative estimate of drug-likeness (QED) is 0.831. The molecule has 2 N–H and O–H groups in total. The van der Waals surface area contributed by atoms with Crippen molar-refractivity contribution in [1.82, 2.24) is 9.97 Å². The van der Waals surface area contributed by atoms with Crippen LogP contribution in [0.2, 0.25) is 0 Å². The molecular weight excluding hydrogens is 214 g/mol.